The van der Waals surface area contributed by atoms with Crippen LogP contribution in [-0.2, 0) is 10.0 Å². The third kappa shape index (κ3) is 5.11. The maximum atomic E-state index is 13.4. The molecule has 1 aliphatic heterocycles. The van der Waals surface area contributed by atoms with Gasteiger partial charge in [0.2, 0.25) is 0 Å². The standard InChI is InChI=1S/C20H25N3O5S/c24-18(15-21-13-7-2-8-14-21)16-22(17-9-3-1-4-10-17)29(27,28)20-12-6-5-11-19(20)23(25)26/h1,3-6,9-12,18,24H,2,7-8,13-16H2/t18-/m1/s1. The molecule has 0 aromatic heterocycles. The second kappa shape index (κ2) is 9.34. The minimum absolute atomic E-state index is 0.186. The smallest absolute Gasteiger partial charge is 0.289 e. The lowest BCUT2D eigenvalue weighted by Crippen LogP contribution is -2.44. The molecule has 0 bridgehead atoms. The van der Waals surface area contributed by atoms with Gasteiger partial charge in [0.05, 0.1) is 23.3 Å². The zero-order valence-electron chi connectivity index (χ0n) is 16.1. The number of hydrogen-bond donors (Lipinski definition) is 1. The first-order valence-electron chi connectivity index (χ1n) is 9.61. The molecule has 2 aromatic carbocycles. The second-order valence-electron chi connectivity index (χ2n) is 7.11. The first kappa shape index (κ1) is 21.2. The molecule has 29 heavy (non-hydrogen) atoms. The number of likely N-dealkylation sites (tertiary alicyclic amines) is 1. The molecule has 1 N–H and O–H groups in total. The Morgan fingerprint density at radius 3 is 2.31 bits per heavy atom. The van der Waals surface area contributed by atoms with Gasteiger partial charge in [0.1, 0.15) is 0 Å². The monoisotopic (exact) mass is 419 g/mol. The summed E-state index contributed by atoms with van der Waals surface area (Å²) in [5.41, 5.74) is -0.137. The van der Waals surface area contributed by atoms with Crippen LogP contribution in [0.4, 0.5) is 11.4 Å². The zero-order valence-corrected chi connectivity index (χ0v) is 16.9. The zero-order chi connectivity index (χ0) is 20.9. The van der Waals surface area contributed by atoms with E-state index >= 15 is 0 Å². The molecule has 1 heterocycles. The molecule has 156 valence electrons. The summed E-state index contributed by atoms with van der Waals surface area (Å²) in [6.45, 7) is 1.92. The Labute approximate surface area is 170 Å². The van der Waals surface area contributed by atoms with Gasteiger partial charge in [-0.3, -0.25) is 14.4 Å². The summed E-state index contributed by atoms with van der Waals surface area (Å²) < 4.78 is 27.8. The molecule has 3 rings (SSSR count). The second-order valence-corrected chi connectivity index (χ2v) is 8.94. The van der Waals surface area contributed by atoms with Gasteiger partial charge in [-0.05, 0) is 44.1 Å². The fourth-order valence-corrected chi connectivity index (χ4v) is 5.23. The fourth-order valence-electron chi connectivity index (χ4n) is 3.57. The summed E-state index contributed by atoms with van der Waals surface area (Å²) >= 11 is 0. The van der Waals surface area contributed by atoms with Crippen LogP contribution in [0.25, 0.3) is 0 Å². The quantitative estimate of drug-likeness (QED) is 0.521. The van der Waals surface area contributed by atoms with Crippen LogP contribution < -0.4 is 4.31 Å². The van der Waals surface area contributed by atoms with Crippen molar-refractivity contribution >= 4 is 21.4 Å². The molecule has 1 saturated heterocycles. The average molecular weight is 420 g/mol. The summed E-state index contributed by atoms with van der Waals surface area (Å²) in [6.07, 6.45) is 2.35. The van der Waals surface area contributed by atoms with Crippen molar-refractivity contribution in [2.24, 2.45) is 0 Å². The highest BCUT2D eigenvalue weighted by Gasteiger charge is 2.33. The summed E-state index contributed by atoms with van der Waals surface area (Å²) in [5, 5.41) is 22.0. The van der Waals surface area contributed by atoms with Crippen molar-refractivity contribution in [2.75, 3.05) is 30.5 Å². The number of β-amino-alcohol motifs (C(OH)–C–C–N with tert-alkyl or cyclic N) is 1. The van der Waals surface area contributed by atoms with Gasteiger partial charge in [-0.1, -0.05) is 36.8 Å². The van der Waals surface area contributed by atoms with Gasteiger partial charge >= 0.3 is 0 Å². The van der Waals surface area contributed by atoms with Gasteiger partial charge in [0.25, 0.3) is 15.7 Å². The number of sulfonamides is 1. The topological polar surface area (TPSA) is 104 Å². The van der Waals surface area contributed by atoms with Crippen molar-refractivity contribution in [3.05, 3.63) is 64.7 Å². The molecule has 0 amide bonds. The molecule has 2 aromatic rings. The Bertz CT molecular complexity index is 930. The highest BCUT2D eigenvalue weighted by Crippen LogP contribution is 2.30. The molecule has 0 spiro atoms. The van der Waals surface area contributed by atoms with Crippen molar-refractivity contribution in [3.63, 3.8) is 0 Å². The van der Waals surface area contributed by atoms with E-state index in [0.29, 0.717) is 12.2 Å². The molecule has 0 aliphatic carbocycles. The average Bonchev–Trinajstić information content (AvgIpc) is 2.73. The number of piperidine rings is 1. The van der Waals surface area contributed by atoms with Crippen LogP contribution in [0.5, 0.6) is 0 Å². The number of nitro benzene ring substituents is 1. The number of nitrogens with zero attached hydrogens (tertiary/aromatic N) is 3. The maximum Gasteiger partial charge on any atom is 0.289 e. The Balaban J connectivity index is 1.92. The number of aliphatic hydroxyl groups is 1. The van der Waals surface area contributed by atoms with Gasteiger partial charge in [-0.25, -0.2) is 8.42 Å². The molecule has 1 atom stereocenters. The van der Waals surface area contributed by atoms with E-state index < -0.39 is 26.7 Å². The minimum atomic E-state index is -4.25. The van der Waals surface area contributed by atoms with Crippen LogP contribution in [-0.4, -0.2) is 55.6 Å². The lowest BCUT2D eigenvalue weighted by atomic mass is 10.1. The summed E-state index contributed by atoms with van der Waals surface area (Å²) in [7, 11) is -4.25. The van der Waals surface area contributed by atoms with E-state index in [1.54, 1.807) is 30.3 Å². The van der Waals surface area contributed by atoms with Crippen LogP contribution >= 0.6 is 0 Å². The van der Waals surface area contributed by atoms with Gasteiger partial charge in [-0.2, -0.15) is 0 Å². The van der Waals surface area contributed by atoms with E-state index in [2.05, 4.69) is 4.90 Å². The van der Waals surface area contributed by atoms with Crippen LogP contribution in [0, 0.1) is 10.1 Å². The van der Waals surface area contributed by atoms with Gasteiger partial charge in [0, 0.05) is 12.6 Å². The molecule has 0 saturated carbocycles. The first-order chi connectivity index (χ1) is 13.9. The van der Waals surface area contributed by atoms with Crippen molar-refractivity contribution in [1.82, 2.24) is 4.90 Å². The van der Waals surface area contributed by atoms with E-state index in [1.165, 1.54) is 24.3 Å². The third-order valence-electron chi connectivity index (χ3n) is 4.97. The number of anilines is 1. The van der Waals surface area contributed by atoms with E-state index in [-0.39, 0.29) is 11.4 Å². The highest BCUT2D eigenvalue weighted by molar-refractivity contribution is 7.93. The van der Waals surface area contributed by atoms with Gasteiger partial charge in [0.15, 0.2) is 4.90 Å². The largest absolute Gasteiger partial charge is 0.390 e. The van der Waals surface area contributed by atoms with Crippen LogP contribution in [0.2, 0.25) is 0 Å². The van der Waals surface area contributed by atoms with Gasteiger partial charge < -0.3 is 10.0 Å². The van der Waals surface area contributed by atoms with Crippen molar-refractivity contribution in [2.45, 2.75) is 30.3 Å². The number of hydrogen-bond acceptors (Lipinski definition) is 6. The summed E-state index contributed by atoms with van der Waals surface area (Å²) in [4.78, 5) is 12.4. The van der Waals surface area contributed by atoms with Gasteiger partial charge in [-0.15, -0.1) is 0 Å². The lowest BCUT2D eigenvalue weighted by Gasteiger charge is -2.31. The predicted octanol–water partition coefficient (Wildman–Crippen LogP) is 2.64. The Kier molecular flexibility index (Phi) is 6.83. The molecule has 0 radical (unpaired) electrons. The number of benzene rings is 2. The van der Waals surface area contributed by atoms with Crippen molar-refractivity contribution < 1.29 is 18.4 Å². The Morgan fingerprint density at radius 2 is 1.66 bits per heavy atom. The molecular weight excluding hydrogens is 394 g/mol. The third-order valence-corrected chi connectivity index (χ3v) is 6.81. The molecule has 1 aliphatic rings. The van der Waals surface area contributed by atoms with Crippen LogP contribution in [0.3, 0.4) is 0 Å². The first-order valence-corrected chi connectivity index (χ1v) is 11.1. The number of aliphatic hydroxyl groups excluding tert-OH is 1. The SMILES string of the molecule is O=[N+]([O-])c1ccccc1S(=O)(=O)N(C[C@H](O)CN1CCCCC1)c1ccccc1. The van der Waals surface area contributed by atoms with Crippen molar-refractivity contribution in [3.8, 4) is 0 Å². The predicted molar refractivity (Wildman–Crippen MR) is 110 cm³/mol. The molecular formula is C20H25N3O5S. The van der Waals surface area contributed by atoms with Crippen LogP contribution in [0.15, 0.2) is 59.5 Å². The van der Waals surface area contributed by atoms with E-state index in [1.807, 2.05) is 0 Å². The van der Waals surface area contributed by atoms with E-state index in [0.717, 1.165) is 36.7 Å². The molecule has 9 heteroatoms. The number of para-hydroxylation sites is 2. The summed E-state index contributed by atoms with van der Waals surface area (Å²) in [6, 6.07) is 13.6. The fraction of sp³-hybridized carbons (Fsp3) is 0.400. The van der Waals surface area contributed by atoms with Crippen molar-refractivity contribution in [1.29, 1.82) is 0 Å². The molecule has 1 fully saturated rings. The number of nitro groups is 1. The maximum absolute atomic E-state index is 13.4. The Morgan fingerprint density at radius 1 is 1.03 bits per heavy atom. The van der Waals surface area contributed by atoms with E-state index in [9.17, 15) is 23.6 Å². The minimum Gasteiger partial charge on any atom is -0.390 e. The molecule has 0 unspecified atom stereocenters. The normalized spacial score (nSPS) is 16.3. The van der Waals surface area contributed by atoms with Crippen LogP contribution in [0.1, 0.15) is 19.3 Å². The van der Waals surface area contributed by atoms with E-state index in [4.69, 9.17) is 0 Å². The number of rotatable bonds is 8. The lowest BCUT2D eigenvalue weighted by molar-refractivity contribution is -0.387. The summed E-state index contributed by atoms with van der Waals surface area (Å²) in [5.74, 6) is 0. The highest BCUT2D eigenvalue weighted by atomic mass is 32.2. The molecule has 8 nitrogen and oxygen atoms in total. The Hall–Kier alpha value is -2.49.